The van der Waals surface area contributed by atoms with Crippen LogP contribution in [0.5, 0.6) is 0 Å². The van der Waals surface area contributed by atoms with Crippen molar-refractivity contribution in [2.24, 2.45) is 0 Å². The lowest BCUT2D eigenvalue weighted by Crippen LogP contribution is -2.32. The molecule has 0 fully saturated rings. The van der Waals surface area contributed by atoms with E-state index in [1.54, 1.807) is 0 Å². The van der Waals surface area contributed by atoms with Gasteiger partial charge in [0.05, 0.1) is 4.47 Å². The van der Waals surface area contributed by atoms with E-state index in [-0.39, 0.29) is 0 Å². The van der Waals surface area contributed by atoms with Crippen molar-refractivity contribution < 1.29 is 0 Å². The number of nitrogens with one attached hydrogen (secondary N) is 2. The predicted octanol–water partition coefficient (Wildman–Crippen LogP) is 1.09. The van der Waals surface area contributed by atoms with Gasteiger partial charge in [-0.15, -0.1) is 0 Å². The number of rotatable bonds is 5. The fraction of sp³-hybridized carbons (Fsp3) is 0.231. The van der Waals surface area contributed by atoms with Gasteiger partial charge in [-0.2, -0.15) is 0 Å². The Morgan fingerprint density at radius 3 is 2.68 bits per heavy atom. The van der Waals surface area contributed by atoms with Gasteiger partial charge in [-0.1, -0.05) is 30.3 Å². The van der Waals surface area contributed by atoms with Crippen LogP contribution in [0.3, 0.4) is 0 Å². The van der Waals surface area contributed by atoms with Crippen LogP contribution in [0.25, 0.3) is 0 Å². The normalized spacial score (nSPS) is 10.6. The monoisotopic (exact) mass is 323 g/mol. The quantitative estimate of drug-likeness (QED) is 0.809. The number of aromatic amines is 1. The molecule has 1 heterocycles. The number of aromatic nitrogens is 2. The van der Waals surface area contributed by atoms with E-state index < -0.39 is 11.2 Å². The van der Waals surface area contributed by atoms with Crippen molar-refractivity contribution in [2.75, 3.05) is 6.54 Å². The molecule has 100 valence electrons. The molecule has 5 nitrogen and oxygen atoms in total. The molecule has 0 aliphatic rings. The molecule has 0 bridgehead atoms. The summed E-state index contributed by atoms with van der Waals surface area (Å²) in [5.74, 6) is 0. The van der Waals surface area contributed by atoms with Gasteiger partial charge in [0.15, 0.2) is 0 Å². The number of benzene rings is 1. The minimum absolute atomic E-state index is 0.357. The summed E-state index contributed by atoms with van der Waals surface area (Å²) in [6.45, 7) is 1.90. The zero-order chi connectivity index (χ0) is 13.7. The highest BCUT2D eigenvalue weighted by Gasteiger charge is 2.01. The first-order chi connectivity index (χ1) is 9.16. The topological polar surface area (TPSA) is 66.9 Å². The molecule has 0 spiro atoms. The molecule has 2 aromatic rings. The Morgan fingerprint density at radius 2 is 1.95 bits per heavy atom. The lowest BCUT2D eigenvalue weighted by atomic mass is 10.2. The van der Waals surface area contributed by atoms with E-state index >= 15 is 0 Å². The summed E-state index contributed by atoms with van der Waals surface area (Å²) in [6, 6.07) is 10.0. The molecule has 19 heavy (non-hydrogen) atoms. The van der Waals surface area contributed by atoms with E-state index in [1.807, 2.05) is 30.3 Å². The molecule has 2 rings (SSSR count). The van der Waals surface area contributed by atoms with Crippen molar-refractivity contribution >= 4 is 15.9 Å². The van der Waals surface area contributed by atoms with E-state index in [2.05, 4.69) is 26.2 Å². The van der Waals surface area contributed by atoms with Crippen molar-refractivity contribution in [3.8, 4) is 0 Å². The van der Waals surface area contributed by atoms with Gasteiger partial charge in [-0.05, 0) is 21.5 Å². The largest absolute Gasteiger partial charge is 0.328 e. The molecule has 6 heteroatoms. The Kier molecular flexibility index (Phi) is 4.70. The first-order valence-electron chi connectivity index (χ1n) is 5.91. The maximum atomic E-state index is 11.5. The maximum Gasteiger partial charge on any atom is 0.328 e. The third-order valence-corrected chi connectivity index (χ3v) is 3.23. The molecular formula is C13H14BrN3O2. The summed E-state index contributed by atoms with van der Waals surface area (Å²) in [5, 5.41) is 3.24. The maximum absolute atomic E-state index is 11.5. The zero-order valence-corrected chi connectivity index (χ0v) is 11.8. The fourth-order valence-corrected chi connectivity index (χ4v) is 2.02. The molecule has 0 unspecified atom stereocenters. The summed E-state index contributed by atoms with van der Waals surface area (Å²) in [6.07, 6.45) is 1.51. The Bertz CT molecular complexity index is 649. The summed E-state index contributed by atoms with van der Waals surface area (Å²) in [7, 11) is 0. The Morgan fingerprint density at radius 1 is 1.21 bits per heavy atom. The highest BCUT2D eigenvalue weighted by molar-refractivity contribution is 9.10. The molecular weight excluding hydrogens is 310 g/mol. The zero-order valence-electron chi connectivity index (χ0n) is 10.2. The molecule has 0 aliphatic heterocycles. The lowest BCUT2D eigenvalue weighted by molar-refractivity contribution is 0.572. The summed E-state index contributed by atoms with van der Waals surface area (Å²) in [4.78, 5) is 24.9. The summed E-state index contributed by atoms with van der Waals surface area (Å²) in [5.41, 5.74) is 0.394. The second-order valence-corrected chi connectivity index (χ2v) is 4.95. The second kappa shape index (κ2) is 6.49. The van der Waals surface area contributed by atoms with Crippen LogP contribution in [0.1, 0.15) is 5.56 Å². The molecule has 2 N–H and O–H groups in total. The number of nitrogens with zero attached hydrogens (tertiary/aromatic N) is 1. The standard InChI is InChI=1S/C13H14BrN3O2/c14-11-9-17(13(19)16-12(11)18)7-6-15-8-10-4-2-1-3-5-10/h1-5,9,15H,6-8H2,(H,16,18,19). The average Bonchev–Trinajstić information content (AvgIpc) is 2.41. The van der Waals surface area contributed by atoms with Crippen molar-refractivity contribution in [2.45, 2.75) is 13.1 Å². The Labute approximate surface area is 118 Å². The van der Waals surface area contributed by atoms with Gasteiger partial charge in [0.1, 0.15) is 0 Å². The molecule has 0 radical (unpaired) electrons. The molecule has 0 amide bonds. The molecule has 1 aromatic carbocycles. The van der Waals surface area contributed by atoms with E-state index in [1.165, 1.54) is 16.3 Å². The van der Waals surface area contributed by atoms with Gasteiger partial charge in [0.25, 0.3) is 5.56 Å². The van der Waals surface area contributed by atoms with Crippen molar-refractivity contribution in [1.29, 1.82) is 0 Å². The van der Waals surface area contributed by atoms with Gasteiger partial charge in [-0.25, -0.2) is 4.79 Å². The highest BCUT2D eigenvalue weighted by atomic mass is 79.9. The van der Waals surface area contributed by atoms with Crippen LogP contribution in [-0.2, 0) is 13.1 Å². The van der Waals surface area contributed by atoms with Gasteiger partial charge >= 0.3 is 5.69 Å². The number of hydrogen-bond acceptors (Lipinski definition) is 3. The van der Waals surface area contributed by atoms with Crippen LogP contribution >= 0.6 is 15.9 Å². The van der Waals surface area contributed by atoms with E-state index in [0.717, 1.165) is 6.54 Å². The van der Waals surface area contributed by atoms with Crippen LogP contribution in [0.4, 0.5) is 0 Å². The summed E-state index contributed by atoms with van der Waals surface area (Å²) >= 11 is 3.10. The molecule has 0 atom stereocenters. The molecule has 0 aliphatic carbocycles. The lowest BCUT2D eigenvalue weighted by Gasteiger charge is -2.07. The van der Waals surface area contributed by atoms with E-state index in [9.17, 15) is 9.59 Å². The van der Waals surface area contributed by atoms with Crippen LogP contribution in [-0.4, -0.2) is 16.1 Å². The van der Waals surface area contributed by atoms with Crippen LogP contribution in [0, 0.1) is 0 Å². The average molecular weight is 324 g/mol. The van der Waals surface area contributed by atoms with Crippen LogP contribution < -0.4 is 16.6 Å². The first-order valence-corrected chi connectivity index (χ1v) is 6.70. The number of H-pyrrole nitrogens is 1. The first kappa shape index (κ1) is 13.8. The van der Waals surface area contributed by atoms with E-state index in [0.29, 0.717) is 17.6 Å². The summed E-state index contributed by atoms with van der Waals surface area (Å²) < 4.78 is 1.82. The van der Waals surface area contributed by atoms with E-state index in [4.69, 9.17) is 0 Å². The third kappa shape index (κ3) is 3.90. The van der Waals surface area contributed by atoms with Crippen molar-refractivity contribution in [3.63, 3.8) is 0 Å². The molecule has 0 saturated heterocycles. The minimum atomic E-state index is -0.404. The second-order valence-electron chi connectivity index (χ2n) is 4.09. The third-order valence-electron chi connectivity index (χ3n) is 2.67. The highest BCUT2D eigenvalue weighted by Crippen LogP contribution is 1.98. The Balaban J connectivity index is 1.88. The van der Waals surface area contributed by atoms with Gasteiger partial charge in [0.2, 0.25) is 0 Å². The van der Waals surface area contributed by atoms with Gasteiger partial charge in [0, 0.05) is 25.8 Å². The van der Waals surface area contributed by atoms with Gasteiger partial charge in [-0.3, -0.25) is 14.3 Å². The van der Waals surface area contributed by atoms with Gasteiger partial charge < -0.3 is 5.32 Å². The molecule has 0 saturated carbocycles. The fourth-order valence-electron chi connectivity index (χ4n) is 1.68. The Hall–Kier alpha value is -1.66. The SMILES string of the molecule is O=c1[nH]c(=O)n(CCNCc2ccccc2)cc1Br. The van der Waals surface area contributed by atoms with Crippen LogP contribution in [0.15, 0.2) is 50.6 Å². The smallest absolute Gasteiger partial charge is 0.311 e. The minimum Gasteiger partial charge on any atom is -0.311 e. The predicted molar refractivity (Wildman–Crippen MR) is 77.2 cm³/mol. The van der Waals surface area contributed by atoms with Crippen molar-refractivity contribution in [1.82, 2.24) is 14.9 Å². The van der Waals surface area contributed by atoms with Crippen molar-refractivity contribution in [3.05, 3.63) is 67.4 Å². The number of halogens is 1. The molecule has 1 aromatic heterocycles. The number of hydrogen-bond donors (Lipinski definition) is 2. The van der Waals surface area contributed by atoms with Crippen LogP contribution in [0.2, 0.25) is 0 Å².